The number of benzene rings is 1. The van der Waals surface area contributed by atoms with Crippen LogP contribution < -0.4 is 0 Å². The summed E-state index contributed by atoms with van der Waals surface area (Å²) in [5.74, 6) is -0.712. The van der Waals surface area contributed by atoms with E-state index in [0.717, 1.165) is 18.4 Å². The van der Waals surface area contributed by atoms with Gasteiger partial charge in [0.05, 0.1) is 6.04 Å². The molecule has 120 valence electrons. The highest BCUT2D eigenvalue weighted by Gasteiger charge is 2.36. The highest BCUT2D eigenvalue weighted by molar-refractivity contribution is 6.31. The minimum atomic E-state index is -0.809. The molecular formula is C17H22ClNO3. The lowest BCUT2D eigenvalue weighted by Gasteiger charge is -2.30. The van der Waals surface area contributed by atoms with Gasteiger partial charge in [-0.25, -0.2) is 0 Å². The maximum atomic E-state index is 12.5. The predicted octanol–water partition coefficient (Wildman–Crippen LogP) is 4.04. The minimum Gasteiger partial charge on any atom is -0.481 e. The minimum absolute atomic E-state index is 0.0480. The molecule has 1 aliphatic carbocycles. The first-order valence-electron chi connectivity index (χ1n) is 7.78. The van der Waals surface area contributed by atoms with Gasteiger partial charge in [-0.15, -0.1) is 0 Å². The molecule has 1 unspecified atom stereocenters. The molecule has 4 nitrogen and oxygen atoms in total. The third-order valence-corrected chi connectivity index (χ3v) is 4.38. The van der Waals surface area contributed by atoms with Gasteiger partial charge in [0.25, 0.3) is 0 Å². The van der Waals surface area contributed by atoms with Gasteiger partial charge in [0, 0.05) is 23.9 Å². The monoisotopic (exact) mass is 323 g/mol. The van der Waals surface area contributed by atoms with Gasteiger partial charge in [0.1, 0.15) is 0 Å². The first-order valence-corrected chi connectivity index (χ1v) is 8.16. The van der Waals surface area contributed by atoms with E-state index in [0.29, 0.717) is 30.3 Å². The predicted molar refractivity (Wildman–Crippen MR) is 85.8 cm³/mol. The lowest BCUT2D eigenvalue weighted by molar-refractivity contribution is -0.138. The zero-order valence-corrected chi connectivity index (χ0v) is 13.6. The molecule has 0 aromatic heterocycles. The van der Waals surface area contributed by atoms with Crippen LogP contribution in [-0.2, 0) is 9.59 Å². The standard InChI is InChI=1S/C17H22ClNO3/c1-12(14-6-2-3-7-15(14)18)19(13-10-11-13)16(20)8-4-5-9-17(21)22/h2-3,6-7,12-13H,4-5,8-11H2,1H3,(H,21,22). The summed E-state index contributed by atoms with van der Waals surface area (Å²) in [5.41, 5.74) is 0.968. The number of carboxylic acid groups (broad SMARTS) is 1. The third kappa shape index (κ3) is 4.47. The van der Waals surface area contributed by atoms with Gasteiger partial charge in [0.15, 0.2) is 0 Å². The van der Waals surface area contributed by atoms with E-state index in [4.69, 9.17) is 16.7 Å². The number of aliphatic carboxylic acids is 1. The summed E-state index contributed by atoms with van der Waals surface area (Å²) < 4.78 is 0. The van der Waals surface area contributed by atoms with E-state index in [1.54, 1.807) is 0 Å². The summed E-state index contributed by atoms with van der Waals surface area (Å²) in [5, 5.41) is 9.32. The molecule has 1 N–H and O–H groups in total. The van der Waals surface area contributed by atoms with Crippen molar-refractivity contribution >= 4 is 23.5 Å². The molecule has 0 saturated heterocycles. The lowest BCUT2D eigenvalue weighted by Crippen LogP contribution is -2.35. The molecule has 5 heteroatoms. The van der Waals surface area contributed by atoms with E-state index in [-0.39, 0.29) is 18.4 Å². The Balaban J connectivity index is 1.99. The number of carbonyl (C=O) groups excluding carboxylic acids is 1. The van der Waals surface area contributed by atoms with Crippen molar-refractivity contribution in [3.05, 3.63) is 34.9 Å². The van der Waals surface area contributed by atoms with Crippen LogP contribution in [0.5, 0.6) is 0 Å². The van der Waals surface area contributed by atoms with Gasteiger partial charge in [0.2, 0.25) is 5.91 Å². The van der Waals surface area contributed by atoms with Gasteiger partial charge in [-0.05, 0) is 44.2 Å². The highest BCUT2D eigenvalue weighted by Crippen LogP contribution is 2.37. The number of hydrogen-bond acceptors (Lipinski definition) is 2. The van der Waals surface area contributed by atoms with E-state index in [1.165, 1.54) is 0 Å². The Kier molecular flexibility index (Phi) is 5.83. The number of amides is 1. The number of rotatable bonds is 8. The molecule has 1 atom stereocenters. The van der Waals surface area contributed by atoms with Crippen molar-refractivity contribution in [2.75, 3.05) is 0 Å². The van der Waals surface area contributed by atoms with Gasteiger partial charge >= 0.3 is 5.97 Å². The number of carbonyl (C=O) groups is 2. The molecule has 0 radical (unpaired) electrons. The lowest BCUT2D eigenvalue weighted by atomic mass is 10.1. The Morgan fingerprint density at radius 1 is 1.27 bits per heavy atom. The number of nitrogens with zero attached hydrogens (tertiary/aromatic N) is 1. The molecule has 0 bridgehead atoms. The number of carboxylic acids is 1. The Morgan fingerprint density at radius 2 is 1.91 bits per heavy atom. The van der Waals surface area contributed by atoms with Crippen molar-refractivity contribution in [2.45, 2.75) is 57.5 Å². The Labute approximate surface area is 136 Å². The number of halogens is 1. The van der Waals surface area contributed by atoms with Crippen LogP contribution in [0.3, 0.4) is 0 Å². The quantitative estimate of drug-likeness (QED) is 0.735. The zero-order valence-electron chi connectivity index (χ0n) is 12.8. The van der Waals surface area contributed by atoms with E-state index in [2.05, 4.69) is 0 Å². The summed E-state index contributed by atoms with van der Waals surface area (Å²) >= 11 is 6.25. The van der Waals surface area contributed by atoms with Crippen molar-refractivity contribution in [1.82, 2.24) is 4.90 Å². The molecule has 1 amide bonds. The summed E-state index contributed by atoms with van der Waals surface area (Å²) in [7, 11) is 0. The maximum absolute atomic E-state index is 12.5. The van der Waals surface area contributed by atoms with Gasteiger partial charge < -0.3 is 10.0 Å². The molecule has 1 aromatic carbocycles. The highest BCUT2D eigenvalue weighted by atomic mass is 35.5. The van der Waals surface area contributed by atoms with Crippen LogP contribution in [0.4, 0.5) is 0 Å². The smallest absolute Gasteiger partial charge is 0.303 e. The third-order valence-electron chi connectivity index (χ3n) is 4.03. The molecule has 22 heavy (non-hydrogen) atoms. The zero-order chi connectivity index (χ0) is 16.1. The summed E-state index contributed by atoms with van der Waals surface area (Å²) in [4.78, 5) is 25.0. The van der Waals surface area contributed by atoms with Crippen LogP contribution in [0.15, 0.2) is 24.3 Å². The average molecular weight is 324 g/mol. The maximum Gasteiger partial charge on any atom is 0.303 e. The van der Waals surface area contributed by atoms with Crippen molar-refractivity contribution in [2.24, 2.45) is 0 Å². The summed E-state index contributed by atoms with van der Waals surface area (Å²) in [6, 6.07) is 7.87. The van der Waals surface area contributed by atoms with Gasteiger partial charge in [-0.1, -0.05) is 29.8 Å². The molecular weight excluding hydrogens is 302 g/mol. The van der Waals surface area contributed by atoms with Gasteiger partial charge in [-0.3, -0.25) is 9.59 Å². The van der Waals surface area contributed by atoms with Crippen LogP contribution in [0.25, 0.3) is 0 Å². The summed E-state index contributed by atoms with van der Waals surface area (Å²) in [6.45, 7) is 2.01. The number of unbranched alkanes of at least 4 members (excludes halogenated alkanes) is 1. The fourth-order valence-electron chi connectivity index (χ4n) is 2.73. The van der Waals surface area contributed by atoms with Crippen LogP contribution >= 0.6 is 11.6 Å². The van der Waals surface area contributed by atoms with Crippen LogP contribution in [0.1, 0.15) is 57.1 Å². The fraction of sp³-hybridized carbons (Fsp3) is 0.529. The number of hydrogen-bond donors (Lipinski definition) is 1. The average Bonchev–Trinajstić information content (AvgIpc) is 3.28. The van der Waals surface area contributed by atoms with Crippen LogP contribution in [-0.4, -0.2) is 27.9 Å². The van der Waals surface area contributed by atoms with Crippen molar-refractivity contribution in [3.8, 4) is 0 Å². The molecule has 1 aromatic rings. The second-order valence-electron chi connectivity index (χ2n) is 5.83. The van der Waals surface area contributed by atoms with Crippen molar-refractivity contribution in [3.63, 3.8) is 0 Å². The molecule has 0 spiro atoms. The first-order chi connectivity index (χ1) is 10.5. The van der Waals surface area contributed by atoms with E-state index in [9.17, 15) is 9.59 Å². The fourth-order valence-corrected chi connectivity index (χ4v) is 3.03. The summed E-state index contributed by atoms with van der Waals surface area (Å²) in [6.07, 6.45) is 3.75. The largest absolute Gasteiger partial charge is 0.481 e. The van der Waals surface area contributed by atoms with E-state index in [1.807, 2.05) is 36.1 Å². The second-order valence-corrected chi connectivity index (χ2v) is 6.24. The molecule has 1 aliphatic rings. The molecule has 0 aliphatic heterocycles. The SMILES string of the molecule is CC(c1ccccc1Cl)N(C(=O)CCCCC(=O)O)C1CC1. The van der Waals surface area contributed by atoms with Crippen molar-refractivity contribution in [1.29, 1.82) is 0 Å². The van der Waals surface area contributed by atoms with Crippen LogP contribution in [0, 0.1) is 0 Å². The normalized spacial score (nSPS) is 15.4. The second kappa shape index (κ2) is 7.63. The molecule has 1 saturated carbocycles. The molecule has 0 heterocycles. The van der Waals surface area contributed by atoms with Crippen molar-refractivity contribution < 1.29 is 14.7 Å². The first kappa shape index (κ1) is 16.8. The Hall–Kier alpha value is -1.55. The van der Waals surface area contributed by atoms with Gasteiger partial charge in [-0.2, -0.15) is 0 Å². The topological polar surface area (TPSA) is 57.6 Å². The Bertz CT molecular complexity index is 542. The molecule has 1 fully saturated rings. The molecule has 2 rings (SSSR count). The Morgan fingerprint density at radius 3 is 2.50 bits per heavy atom. The van der Waals surface area contributed by atoms with Crippen LogP contribution in [0.2, 0.25) is 5.02 Å². The van der Waals surface area contributed by atoms with E-state index >= 15 is 0 Å². The van der Waals surface area contributed by atoms with E-state index < -0.39 is 5.97 Å².